The summed E-state index contributed by atoms with van der Waals surface area (Å²) in [7, 11) is 0. The van der Waals surface area contributed by atoms with Crippen molar-refractivity contribution in [1.82, 2.24) is 0 Å². The SMILES string of the molecule is O=C(Nc1ccc(Br)c(Cl)c1)c1ccc(C[NH+]2CCOCC2)cc1. The van der Waals surface area contributed by atoms with E-state index in [-0.39, 0.29) is 5.91 Å². The van der Waals surface area contributed by atoms with E-state index in [1.165, 1.54) is 10.5 Å². The zero-order valence-corrected chi connectivity index (χ0v) is 15.5. The molecule has 1 heterocycles. The van der Waals surface area contributed by atoms with Crippen LogP contribution in [0, 0.1) is 0 Å². The summed E-state index contributed by atoms with van der Waals surface area (Å²) in [6.07, 6.45) is 0. The van der Waals surface area contributed by atoms with Crippen LogP contribution in [0.5, 0.6) is 0 Å². The van der Waals surface area contributed by atoms with E-state index in [9.17, 15) is 4.79 Å². The molecule has 1 fully saturated rings. The van der Waals surface area contributed by atoms with Crippen molar-refractivity contribution in [3.05, 3.63) is 63.1 Å². The first-order valence-electron chi connectivity index (χ1n) is 7.88. The van der Waals surface area contributed by atoms with Gasteiger partial charge in [0.15, 0.2) is 0 Å². The number of anilines is 1. The molecule has 1 saturated heterocycles. The lowest BCUT2D eigenvalue weighted by Gasteiger charge is -2.23. The van der Waals surface area contributed by atoms with E-state index in [1.54, 1.807) is 6.07 Å². The fourth-order valence-electron chi connectivity index (χ4n) is 2.68. The molecule has 1 aliphatic heterocycles. The van der Waals surface area contributed by atoms with Crippen LogP contribution in [0.2, 0.25) is 5.02 Å². The van der Waals surface area contributed by atoms with Gasteiger partial charge in [-0.3, -0.25) is 4.79 Å². The fraction of sp³-hybridized carbons (Fsp3) is 0.278. The monoisotopic (exact) mass is 409 g/mol. The fourth-order valence-corrected chi connectivity index (χ4v) is 3.10. The number of hydrogen-bond donors (Lipinski definition) is 2. The van der Waals surface area contributed by atoms with Crippen molar-refractivity contribution in [1.29, 1.82) is 0 Å². The number of nitrogens with one attached hydrogen (secondary N) is 2. The Hall–Kier alpha value is -1.40. The lowest BCUT2D eigenvalue weighted by Crippen LogP contribution is -3.12. The second-order valence-electron chi connectivity index (χ2n) is 5.82. The summed E-state index contributed by atoms with van der Waals surface area (Å²) in [4.78, 5) is 13.8. The molecule has 1 aliphatic rings. The van der Waals surface area contributed by atoms with Crippen LogP contribution in [0.25, 0.3) is 0 Å². The van der Waals surface area contributed by atoms with Gasteiger partial charge in [0.2, 0.25) is 0 Å². The van der Waals surface area contributed by atoms with Crippen molar-refractivity contribution in [2.75, 3.05) is 31.6 Å². The van der Waals surface area contributed by atoms with Gasteiger partial charge in [-0.15, -0.1) is 0 Å². The first-order chi connectivity index (χ1) is 11.6. The van der Waals surface area contributed by atoms with E-state index in [2.05, 4.69) is 21.2 Å². The van der Waals surface area contributed by atoms with E-state index < -0.39 is 0 Å². The third-order valence-corrected chi connectivity index (χ3v) is 5.28. The Morgan fingerprint density at radius 3 is 2.54 bits per heavy atom. The molecule has 24 heavy (non-hydrogen) atoms. The van der Waals surface area contributed by atoms with Gasteiger partial charge in [0.05, 0.1) is 18.2 Å². The lowest BCUT2D eigenvalue weighted by molar-refractivity contribution is -0.921. The first kappa shape index (κ1) is 17.4. The number of quaternary nitrogens is 1. The van der Waals surface area contributed by atoms with Crippen LogP contribution in [-0.2, 0) is 11.3 Å². The van der Waals surface area contributed by atoms with E-state index >= 15 is 0 Å². The summed E-state index contributed by atoms with van der Waals surface area (Å²) in [5, 5.41) is 3.43. The molecule has 3 rings (SSSR count). The van der Waals surface area contributed by atoms with Crippen molar-refractivity contribution >= 4 is 39.1 Å². The number of rotatable bonds is 4. The molecule has 0 radical (unpaired) electrons. The Kier molecular flexibility index (Phi) is 5.89. The maximum Gasteiger partial charge on any atom is 0.255 e. The molecule has 2 aromatic rings. The van der Waals surface area contributed by atoms with Gasteiger partial charge in [-0.25, -0.2) is 0 Å². The number of amides is 1. The number of carbonyl (C=O) groups is 1. The van der Waals surface area contributed by atoms with Crippen molar-refractivity contribution in [2.45, 2.75) is 6.54 Å². The highest BCUT2D eigenvalue weighted by molar-refractivity contribution is 9.10. The molecule has 4 nitrogen and oxygen atoms in total. The van der Waals surface area contributed by atoms with Gasteiger partial charge >= 0.3 is 0 Å². The van der Waals surface area contributed by atoms with Gasteiger partial charge in [0.25, 0.3) is 5.91 Å². The highest BCUT2D eigenvalue weighted by Gasteiger charge is 2.14. The highest BCUT2D eigenvalue weighted by atomic mass is 79.9. The Balaban J connectivity index is 1.61. The van der Waals surface area contributed by atoms with Gasteiger partial charge < -0.3 is 15.0 Å². The molecule has 1 amide bonds. The van der Waals surface area contributed by atoms with Gasteiger partial charge in [-0.1, -0.05) is 23.7 Å². The van der Waals surface area contributed by atoms with E-state index in [1.807, 2.05) is 36.4 Å². The predicted octanol–water partition coefficient (Wildman–Crippen LogP) is 2.77. The summed E-state index contributed by atoms with van der Waals surface area (Å²) in [5.74, 6) is -0.140. The van der Waals surface area contributed by atoms with Crippen molar-refractivity contribution in [2.24, 2.45) is 0 Å². The summed E-state index contributed by atoms with van der Waals surface area (Å²) in [6.45, 7) is 4.68. The van der Waals surface area contributed by atoms with Crippen molar-refractivity contribution in [3.63, 3.8) is 0 Å². The van der Waals surface area contributed by atoms with Crippen LogP contribution >= 0.6 is 27.5 Å². The number of ether oxygens (including phenoxy) is 1. The summed E-state index contributed by atoms with van der Waals surface area (Å²) in [5.41, 5.74) is 2.54. The molecule has 2 N–H and O–H groups in total. The number of morpholine rings is 1. The smallest absolute Gasteiger partial charge is 0.255 e. The molecule has 0 atom stereocenters. The molecule has 0 aliphatic carbocycles. The molecular formula is C18H19BrClN2O2+. The third kappa shape index (κ3) is 4.57. The molecular weight excluding hydrogens is 392 g/mol. The predicted molar refractivity (Wildman–Crippen MR) is 98.8 cm³/mol. The van der Waals surface area contributed by atoms with E-state index in [0.29, 0.717) is 16.3 Å². The quantitative estimate of drug-likeness (QED) is 0.814. The average Bonchev–Trinajstić information content (AvgIpc) is 2.60. The van der Waals surface area contributed by atoms with Crippen LogP contribution in [-0.4, -0.2) is 32.2 Å². The largest absolute Gasteiger partial charge is 0.370 e. The molecule has 0 spiro atoms. The zero-order valence-electron chi connectivity index (χ0n) is 13.1. The Labute approximate surface area is 154 Å². The van der Waals surface area contributed by atoms with Gasteiger partial charge in [0, 0.05) is 21.3 Å². The first-order valence-corrected chi connectivity index (χ1v) is 9.05. The minimum Gasteiger partial charge on any atom is -0.370 e. The van der Waals surface area contributed by atoms with Crippen LogP contribution in [0.3, 0.4) is 0 Å². The van der Waals surface area contributed by atoms with Crippen molar-refractivity contribution in [3.8, 4) is 0 Å². The van der Waals surface area contributed by atoms with E-state index in [0.717, 1.165) is 37.3 Å². The minimum absolute atomic E-state index is 0.140. The molecule has 0 aromatic heterocycles. The van der Waals surface area contributed by atoms with Crippen LogP contribution in [0.4, 0.5) is 5.69 Å². The second kappa shape index (κ2) is 8.12. The van der Waals surface area contributed by atoms with Gasteiger partial charge in [0.1, 0.15) is 19.6 Å². The molecule has 6 heteroatoms. The number of carbonyl (C=O) groups excluding carboxylic acids is 1. The number of benzene rings is 2. The molecule has 0 bridgehead atoms. The van der Waals surface area contributed by atoms with Crippen LogP contribution in [0.1, 0.15) is 15.9 Å². The molecule has 2 aromatic carbocycles. The summed E-state index contributed by atoms with van der Waals surface area (Å²) in [6, 6.07) is 13.1. The molecule has 0 saturated carbocycles. The second-order valence-corrected chi connectivity index (χ2v) is 7.08. The zero-order chi connectivity index (χ0) is 16.9. The lowest BCUT2D eigenvalue weighted by atomic mass is 10.1. The van der Waals surface area contributed by atoms with Gasteiger partial charge in [-0.05, 0) is 46.3 Å². The third-order valence-electron chi connectivity index (χ3n) is 4.05. The number of hydrogen-bond acceptors (Lipinski definition) is 2. The molecule has 0 unspecified atom stereocenters. The van der Waals surface area contributed by atoms with Crippen LogP contribution in [0.15, 0.2) is 46.9 Å². The van der Waals surface area contributed by atoms with Crippen molar-refractivity contribution < 1.29 is 14.4 Å². The Morgan fingerprint density at radius 1 is 1.17 bits per heavy atom. The summed E-state index contributed by atoms with van der Waals surface area (Å²) < 4.78 is 6.18. The van der Waals surface area contributed by atoms with Gasteiger partial charge in [-0.2, -0.15) is 0 Å². The highest BCUT2D eigenvalue weighted by Crippen LogP contribution is 2.25. The van der Waals surface area contributed by atoms with E-state index in [4.69, 9.17) is 16.3 Å². The Bertz CT molecular complexity index is 715. The summed E-state index contributed by atoms with van der Waals surface area (Å²) >= 11 is 9.38. The minimum atomic E-state index is -0.140. The Morgan fingerprint density at radius 2 is 1.88 bits per heavy atom. The average molecular weight is 411 g/mol. The topological polar surface area (TPSA) is 42.8 Å². The van der Waals surface area contributed by atoms with Crippen LogP contribution < -0.4 is 10.2 Å². The maximum atomic E-state index is 12.3. The normalized spacial score (nSPS) is 15.2. The number of halogens is 2. The maximum absolute atomic E-state index is 12.3. The molecule has 126 valence electrons. The standard InChI is InChI=1S/C18H18BrClN2O2/c19-16-6-5-15(11-17(16)20)21-18(23)14-3-1-13(2-4-14)12-22-7-9-24-10-8-22/h1-6,11H,7-10,12H2,(H,21,23)/p+1.